The number of carboxylic acids is 1. The minimum atomic E-state index is -4.13. The Kier molecular flexibility index (Phi) is 10.9. The quantitative estimate of drug-likeness (QED) is 0.160. The van der Waals surface area contributed by atoms with E-state index in [1.807, 2.05) is 0 Å². The molecule has 2 aromatic rings. The molecule has 0 radical (unpaired) electrons. The zero-order valence-corrected chi connectivity index (χ0v) is 22.4. The van der Waals surface area contributed by atoms with Crippen LogP contribution in [0.3, 0.4) is 0 Å². The van der Waals surface area contributed by atoms with Crippen molar-refractivity contribution < 1.29 is 37.3 Å². The second kappa shape index (κ2) is 13.6. The first kappa shape index (κ1) is 29.6. The van der Waals surface area contributed by atoms with Gasteiger partial charge in [-0.1, -0.05) is 0 Å². The van der Waals surface area contributed by atoms with Gasteiger partial charge in [-0.3, -0.25) is 9.59 Å². The van der Waals surface area contributed by atoms with Crippen LogP contribution in [0.25, 0.3) is 0 Å². The molecule has 2 rings (SSSR count). The summed E-state index contributed by atoms with van der Waals surface area (Å²) in [7, 11) is -4.13. The second-order valence-electron chi connectivity index (χ2n) is 8.35. The smallest absolute Gasteiger partial charge is 0.305 e. The summed E-state index contributed by atoms with van der Waals surface area (Å²) in [4.78, 5) is 22.1. The van der Waals surface area contributed by atoms with E-state index in [2.05, 4.69) is 4.40 Å². The summed E-state index contributed by atoms with van der Waals surface area (Å²) in [6.07, 6.45) is 1.09. The van der Waals surface area contributed by atoms with Crippen molar-refractivity contribution in [3.8, 4) is 11.5 Å². The fourth-order valence-electron chi connectivity index (χ4n) is 3.56. The van der Waals surface area contributed by atoms with Crippen LogP contribution in [-0.2, 0) is 24.3 Å². The number of nitrogens with zero attached hydrogens (tertiary/aromatic N) is 1. The molecular weight excluding hydrogens is 500 g/mol. The summed E-state index contributed by atoms with van der Waals surface area (Å²) in [6, 6.07) is 8.11. The van der Waals surface area contributed by atoms with Crippen molar-refractivity contribution >= 4 is 27.8 Å². The summed E-state index contributed by atoms with van der Waals surface area (Å²) >= 11 is 0. The number of amidine groups is 1. The highest BCUT2D eigenvalue weighted by Gasteiger charge is 2.23. The number of carbonyl (C=O) groups excluding carboxylic acids is 1. The lowest BCUT2D eigenvalue weighted by Gasteiger charge is -2.16. The van der Waals surface area contributed by atoms with Gasteiger partial charge >= 0.3 is 11.9 Å². The average molecular weight is 535 g/mol. The zero-order valence-electron chi connectivity index (χ0n) is 21.6. The summed E-state index contributed by atoms with van der Waals surface area (Å²) < 4.78 is 46.3. The Balaban J connectivity index is 2.12. The summed E-state index contributed by atoms with van der Waals surface area (Å²) in [5, 5.41) is 8.76. The average Bonchev–Trinajstić information content (AvgIpc) is 2.82. The highest BCUT2D eigenvalue weighted by molar-refractivity contribution is 7.90. The predicted octanol–water partition coefficient (Wildman–Crippen LogP) is 3.67. The highest BCUT2D eigenvalue weighted by atomic mass is 32.2. The zero-order chi connectivity index (χ0) is 27.6. The van der Waals surface area contributed by atoms with Gasteiger partial charge in [-0.05, 0) is 87.6 Å². The molecule has 0 saturated heterocycles. The molecular formula is C26H34N2O8S. The molecule has 0 fully saturated rings. The van der Waals surface area contributed by atoms with Crippen LogP contribution in [0.1, 0.15) is 54.9 Å². The lowest BCUT2D eigenvalue weighted by Crippen LogP contribution is -2.17. The van der Waals surface area contributed by atoms with Crippen LogP contribution in [-0.4, -0.2) is 51.1 Å². The number of benzene rings is 2. The van der Waals surface area contributed by atoms with Crippen molar-refractivity contribution in [1.29, 1.82) is 0 Å². The van der Waals surface area contributed by atoms with Crippen molar-refractivity contribution in [3.05, 3.63) is 52.6 Å². The van der Waals surface area contributed by atoms with Crippen molar-refractivity contribution in [2.24, 2.45) is 10.1 Å². The molecule has 0 amide bonds. The molecule has 202 valence electrons. The molecule has 0 aromatic heterocycles. The molecule has 0 heterocycles. The van der Waals surface area contributed by atoms with Crippen molar-refractivity contribution in [1.82, 2.24) is 0 Å². The number of carbonyl (C=O) groups is 2. The van der Waals surface area contributed by atoms with Crippen LogP contribution < -0.4 is 15.2 Å². The van der Waals surface area contributed by atoms with Gasteiger partial charge in [0.2, 0.25) is 0 Å². The highest BCUT2D eigenvalue weighted by Crippen LogP contribution is 2.32. The number of rotatable bonds is 14. The Labute approximate surface area is 217 Å². The Morgan fingerprint density at radius 2 is 1.59 bits per heavy atom. The van der Waals surface area contributed by atoms with Crippen LogP contribution >= 0.6 is 0 Å². The molecule has 0 aliphatic rings. The van der Waals surface area contributed by atoms with Gasteiger partial charge in [0.05, 0.1) is 24.7 Å². The van der Waals surface area contributed by atoms with E-state index >= 15 is 0 Å². The predicted molar refractivity (Wildman–Crippen MR) is 139 cm³/mol. The number of sulfonamides is 1. The normalized spacial score (nSPS) is 11.7. The van der Waals surface area contributed by atoms with E-state index in [9.17, 15) is 18.0 Å². The first-order valence-corrected chi connectivity index (χ1v) is 13.3. The number of aliphatic carboxylic acids is 1. The Hall–Kier alpha value is -3.60. The van der Waals surface area contributed by atoms with E-state index in [-0.39, 0.29) is 36.1 Å². The Morgan fingerprint density at radius 1 is 0.973 bits per heavy atom. The van der Waals surface area contributed by atoms with Crippen molar-refractivity contribution in [2.75, 3.05) is 19.8 Å². The number of carboxylic acid groups (broad SMARTS) is 1. The largest absolute Gasteiger partial charge is 0.494 e. The third-order valence-corrected chi connectivity index (χ3v) is 7.08. The maximum absolute atomic E-state index is 13.2. The summed E-state index contributed by atoms with van der Waals surface area (Å²) in [5.41, 5.74) is 7.99. The molecule has 0 aliphatic carbocycles. The first-order chi connectivity index (χ1) is 17.5. The van der Waals surface area contributed by atoms with Gasteiger partial charge < -0.3 is 25.1 Å². The molecule has 37 heavy (non-hydrogen) atoms. The van der Waals surface area contributed by atoms with Gasteiger partial charge in [0, 0.05) is 18.4 Å². The Morgan fingerprint density at radius 3 is 2.22 bits per heavy atom. The SMILES string of the molecule is CCOC(=O)CCCOc1ccc(C(N)=NS(=O)(=O)c2c(C)cc(OCCCC(=O)O)c(C)c2C)cc1. The van der Waals surface area contributed by atoms with Gasteiger partial charge in [0.15, 0.2) is 0 Å². The lowest BCUT2D eigenvalue weighted by molar-refractivity contribution is -0.143. The molecule has 0 unspecified atom stereocenters. The van der Waals surface area contributed by atoms with Gasteiger partial charge in [-0.15, -0.1) is 4.40 Å². The number of nitrogens with two attached hydrogens (primary N) is 1. The van der Waals surface area contributed by atoms with Crippen molar-refractivity contribution in [2.45, 2.75) is 58.3 Å². The molecule has 0 bridgehead atoms. The topological polar surface area (TPSA) is 155 Å². The van der Waals surface area contributed by atoms with Gasteiger partial charge in [-0.25, -0.2) is 0 Å². The van der Waals surface area contributed by atoms with Gasteiger partial charge in [0.1, 0.15) is 17.3 Å². The molecule has 0 spiro atoms. The van der Waals surface area contributed by atoms with E-state index in [1.165, 1.54) is 0 Å². The van der Waals surface area contributed by atoms with Crippen molar-refractivity contribution in [3.63, 3.8) is 0 Å². The number of hydrogen-bond acceptors (Lipinski definition) is 7. The molecule has 0 atom stereocenters. The summed E-state index contributed by atoms with van der Waals surface area (Å²) in [5.74, 6) is -0.305. The van der Waals surface area contributed by atoms with Crippen LogP contribution in [0.15, 0.2) is 39.6 Å². The van der Waals surface area contributed by atoms with E-state index in [0.717, 1.165) is 0 Å². The minimum Gasteiger partial charge on any atom is -0.494 e. The Bertz CT molecular complexity index is 1240. The van der Waals surface area contributed by atoms with Crippen LogP contribution in [0.5, 0.6) is 11.5 Å². The number of hydrogen-bond donors (Lipinski definition) is 2. The number of ether oxygens (including phenoxy) is 3. The third kappa shape index (κ3) is 8.78. The number of aryl methyl sites for hydroxylation is 1. The van der Waals surface area contributed by atoms with Crippen LogP contribution in [0, 0.1) is 20.8 Å². The number of esters is 1. The molecule has 2 aromatic carbocycles. The van der Waals surface area contributed by atoms with E-state index < -0.39 is 16.0 Å². The van der Waals surface area contributed by atoms with E-state index in [4.69, 9.17) is 25.1 Å². The molecule has 11 heteroatoms. The van der Waals surface area contributed by atoms with E-state index in [1.54, 1.807) is 58.0 Å². The maximum Gasteiger partial charge on any atom is 0.305 e. The third-order valence-electron chi connectivity index (χ3n) is 5.50. The molecule has 0 saturated carbocycles. The molecule has 3 N–H and O–H groups in total. The van der Waals surface area contributed by atoms with Crippen LogP contribution in [0.4, 0.5) is 0 Å². The monoisotopic (exact) mass is 534 g/mol. The lowest BCUT2D eigenvalue weighted by atomic mass is 10.1. The maximum atomic E-state index is 13.2. The summed E-state index contributed by atoms with van der Waals surface area (Å²) in [6.45, 7) is 7.66. The molecule has 10 nitrogen and oxygen atoms in total. The molecule has 0 aliphatic heterocycles. The second-order valence-corrected chi connectivity index (χ2v) is 9.89. The van der Waals surface area contributed by atoms with Gasteiger partial charge in [-0.2, -0.15) is 8.42 Å². The van der Waals surface area contributed by atoms with Gasteiger partial charge in [0.25, 0.3) is 10.0 Å². The minimum absolute atomic E-state index is 0.0138. The first-order valence-electron chi connectivity index (χ1n) is 11.9. The van der Waals surface area contributed by atoms with Crippen LogP contribution in [0.2, 0.25) is 0 Å². The van der Waals surface area contributed by atoms with E-state index in [0.29, 0.717) is 59.8 Å². The fraction of sp³-hybridized carbons (Fsp3) is 0.423. The standard InChI is InChI=1S/C26H34N2O8S/c1-5-34-24(31)9-7-14-35-21-12-10-20(11-13-21)26(27)28-37(32,33)25-17(2)16-22(18(3)19(25)4)36-15-6-8-23(29)30/h10-13,16H,5-9,14-15H2,1-4H3,(H2,27,28)(H,29,30). The fourth-order valence-corrected chi connectivity index (χ4v) is 5.02.